The minimum Gasteiger partial charge on any atom is -0.343 e. The molecule has 3 rings (SSSR count). The summed E-state index contributed by atoms with van der Waals surface area (Å²) in [6.45, 7) is 1.45. The maximum absolute atomic E-state index is 12.5. The fourth-order valence-electron chi connectivity index (χ4n) is 2.60. The van der Waals surface area contributed by atoms with Crippen LogP contribution in [-0.2, 0) is 10.3 Å². The van der Waals surface area contributed by atoms with E-state index in [1.54, 1.807) is 24.3 Å². The summed E-state index contributed by atoms with van der Waals surface area (Å²) in [6.07, 6.45) is 1.91. The Morgan fingerprint density at radius 2 is 1.73 bits per heavy atom. The Morgan fingerprint density at radius 3 is 2.36 bits per heavy atom. The predicted octanol–water partition coefficient (Wildman–Crippen LogP) is 3.06. The number of rotatable bonds is 4. The second kappa shape index (κ2) is 5.64. The fourth-order valence-corrected chi connectivity index (χ4v) is 2.60. The van der Waals surface area contributed by atoms with E-state index in [4.69, 9.17) is 0 Å². The first-order valence-electron chi connectivity index (χ1n) is 7.35. The van der Waals surface area contributed by atoms with Crippen LogP contribution in [0.1, 0.15) is 35.7 Å². The van der Waals surface area contributed by atoms with Crippen molar-refractivity contribution < 1.29 is 9.59 Å². The van der Waals surface area contributed by atoms with Crippen molar-refractivity contribution in [1.29, 1.82) is 0 Å². The standard InChI is InChI=1S/C18H18N2O2/c1-13(21)19-16-9-5-6-14(12-16)17(22)20-18(10-11-18)15-7-3-2-4-8-15/h2-9,12H,10-11H2,1H3,(H,19,21)(H,20,22). The van der Waals surface area contributed by atoms with E-state index in [1.807, 2.05) is 30.3 Å². The molecule has 0 aromatic heterocycles. The van der Waals surface area contributed by atoms with Gasteiger partial charge in [-0.15, -0.1) is 0 Å². The lowest BCUT2D eigenvalue weighted by Gasteiger charge is -2.18. The van der Waals surface area contributed by atoms with Crippen molar-refractivity contribution in [3.05, 3.63) is 65.7 Å². The number of carbonyl (C=O) groups excluding carboxylic acids is 2. The third kappa shape index (κ3) is 3.01. The van der Waals surface area contributed by atoms with Gasteiger partial charge in [0.1, 0.15) is 0 Å². The van der Waals surface area contributed by atoms with Crippen molar-refractivity contribution in [3.63, 3.8) is 0 Å². The van der Waals surface area contributed by atoms with E-state index in [0.717, 1.165) is 18.4 Å². The Bertz CT molecular complexity index is 706. The zero-order chi connectivity index (χ0) is 15.6. The van der Waals surface area contributed by atoms with Crippen molar-refractivity contribution in [1.82, 2.24) is 5.32 Å². The molecule has 1 aliphatic rings. The number of nitrogens with one attached hydrogen (secondary N) is 2. The molecule has 22 heavy (non-hydrogen) atoms. The molecule has 0 bridgehead atoms. The Balaban J connectivity index is 1.76. The Hall–Kier alpha value is -2.62. The van der Waals surface area contributed by atoms with Crippen LogP contribution in [0.3, 0.4) is 0 Å². The van der Waals surface area contributed by atoms with Gasteiger partial charge < -0.3 is 10.6 Å². The first-order valence-corrected chi connectivity index (χ1v) is 7.35. The largest absolute Gasteiger partial charge is 0.343 e. The van der Waals surface area contributed by atoms with Crippen LogP contribution in [0.15, 0.2) is 54.6 Å². The van der Waals surface area contributed by atoms with Crippen LogP contribution in [-0.4, -0.2) is 11.8 Å². The van der Waals surface area contributed by atoms with E-state index in [9.17, 15) is 9.59 Å². The molecule has 0 heterocycles. The molecule has 112 valence electrons. The summed E-state index contributed by atoms with van der Waals surface area (Å²) in [5, 5.41) is 5.82. The molecule has 1 saturated carbocycles. The zero-order valence-electron chi connectivity index (χ0n) is 12.4. The number of amides is 2. The molecule has 0 unspecified atom stereocenters. The van der Waals surface area contributed by atoms with Crippen LogP contribution < -0.4 is 10.6 Å². The number of carbonyl (C=O) groups is 2. The van der Waals surface area contributed by atoms with E-state index in [0.29, 0.717) is 11.3 Å². The van der Waals surface area contributed by atoms with Crippen LogP contribution >= 0.6 is 0 Å². The number of hydrogen-bond donors (Lipinski definition) is 2. The zero-order valence-corrected chi connectivity index (χ0v) is 12.4. The van der Waals surface area contributed by atoms with Crippen LogP contribution in [0, 0.1) is 0 Å². The van der Waals surface area contributed by atoms with Crippen LogP contribution in [0.2, 0.25) is 0 Å². The molecule has 0 radical (unpaired) electrons. The third-order valence-electron chi connectivity index (χ3n) is 3.87. The first-order chi connectivity index (χ1) is 10.6. The molecule has 2 aromatic rings. The Kier molecular flexibility index (Phi) is 3.67. The average Bonchev–Trinajstić information content (AvgIpc) is 3.28. The lowest BCUT2D eigenvalue weighted by atomic mass is 10.0. The first kappa shape index (κ1) is 14.3. The number of anilines is 1. The van der Waals surface area contributed by atoms with Crippen LogP contribution in [0.4, 0.5) is 5.69 Å². The molecule has 1 aliphatic carbocycles. The highest BCUT2D eigenvalue weighted by atomic mass is 16.2. The molecule has 2 aromatic carbocycles. The summed E-state index contributed by atoms with van der Waals surface area (Å²) >= 11 is 0. The summed E-state index contributed by atoms with van der Waals surface area (Å²) in [6, 6.07) is 17.0. The maximum atomic E-state index is 12.5. The highest BCUT2D eigenvalue weighted by Crippen LogP contribution is 2.45. The lowest BCUT2D eigenvalue weighted by Crippen LogP contribution is -2.34. The summed E-state index contributed by atoms with van der Waals surface area (Å²) < 4.78 is 0. The number of benzene rings is 2. The molecule has 4 heteroatoms. The molecular formula is C18H18N2O2. The van der Waals surface area contributed by atoms with Gasteiger partial charge in [0, 0.05) is 18.2 Å². The summed E-state index contributed by atoms with van der Waals surface area (Å²) in [5.74, 6) is -0.269. The van der Waals surface area contributed by atoms with E-state index in [1.165, 1.54) is 6.92 Å². The fraction of sp³-hybridized carbons (Fsp3) is 0.222. The van der Waals surface area contributed by atoms with Gasteiger partial charge in [-0.1, -0.05) is 36.4 Å². The van der Waals surface area contributed by atoms with E-state index in [2.05, 4.69) is 10.6 Å². The Labute approximate surface area is 129 Å². The van der Waals surface area contributed by atoms with Gasteiger partial charge in [0.15, 0.2) is 0 Å². The summed E-state index contributed by atoms with van der Waals surface area (Å²) in [5.41, 5.74) is 2.09. The van der Waals surface area contributed by atoms with Gasteiger partial charge in [-0.3, -0.25) is 9.59 Å². The van der Waals surface area contributed by atoms with Crippen LogP contribution in [0.25, 0.3) is 0 Å². The summed E-state index contributed by atoms with van der Waals surface area (Å²) in [7, 11) is 0. The van der Waals surface area contributed by atoms with Gasteiger partial charge in [-0.05, 0) is 36.6 Å². The second-order valence-electron chi connectivity index (χ2n) is 5.66. The minimum absolute atomic E-state index is 0.117. The molecule has 0 atom stereocenters. The molecule has 0 aliphatic heterocycles. The van der Waals surface area contributed by atoms with Crippen molar-refractivity contribution in [3.8, 4) is 0 Å². The van der Waals surface area contributed by atoms with Gasteiger partial charge in [0.25, 0.3) is 5.91 Å². The van der Waals surface area contributed by atoms with Crippen molar-refractivity contribution >= 4 is 17.5 Å². The normalized spacial score (nSPS) is 15.0. The third-order valence-corrected chi connectivity index (χ3v) is 3.87. The highest BCUT2D eigenvalue weighted by molar-refractivity contribution is 5.97. The smallest absolute Gasteiger partial charge is 0.252 e. The Morgan fingerprint density at radius 1 is 1.00 bits per heavy atom. The van der Waals surface area contributed by atoms with Crippen molar-refractivity contribution in [2.45, 2.75) is 25.3 Å². The molecular weight excluding hydrogens is 276 g/mol. The minimum atomic E-state index is -0.234. The van der Waals surface area contributed by atoms with Gasteiger partial charge in [0.05, 0.1) is 5.54 Å². The van der Waals surface area contributed by atoms with E-state index in [-0.39, 0.29) is 17.4 Å². The highest BCUT2D eigenvalue weighted by Gasteiger charge is 2.45. The maximum Gasteiger partial charge on any atom is 0.252 e. The van der Waals surface area contributed by atoms with Crippen molar-refractivity contribution in [2.24, 2.45) is 0 Å². The van der Waals surface area contributed by atoms with E-state index >= 15 is 0 Å². The van der Waals surface area contributed by atoms with Gasteiger partial charge in [-0.2, -0.15) is 0 Å². The SMILES string of the molecule is CC(=O)Nc1cccc(C(=O)NC2(c3ccccc3)CC2)c1. The number of hydrogen-bond acceptors (Lipinski definition) is 2. The monoisotopic (exact) mass is 294 g/mol. The molecule has 1 fully saturated rings. The van der Waals surface area contributed by atoms with Crippen molar-refractivity contribution in [2.75, 3.05) is 5.32 Å². The average molecular weight is 294 g/mol. The van der Waals surface area contributed by atoms with E-state index < -0.39 is 0 Å². The van der Waals surface area contributed by atoms with Gasteiger partial charge in [-0.25, -0.2) is 0 Å². The molecule has 0 saturated heterocycles. The molecule has 0 spiro atoms. The molecule has 2 N–H and O–H groups in total. The second-order valence-corrected chi connectivity index (χ2v) is 5.66. The molecule has 4 nitrogen and oxygen atoms in total. The molecule has 2 amide bonds. The summed E-state index contributed by atoms with van der Waals surface area (Å²) in [4.78, 5) is 23.6. The lowest BCUT2D eigenvalue weighted by molar-refractivity contribution is -0.114. The predicted molar refractivity (Wildman–Crippen MR) is 85.6 cm³/mol. The van der Waals surface area contributed by atoms with Crippen LogP contribution in [0.5, 0.6) is 0 Å². The quantitative estimate of drug-likeness (QED) is 0.910. The van der Waals surface area contributed by atoms with Gasteiger partial charge >= 0.3 is 0 Å². The topological polar surface area (TPSA) is 58.2 Å². The van der Waals surface area contributed by atoms with Gasteiger partial charge in [0.2, 0.25) is 5.91 Å².